The Morgan fingerprint density at radius 1 is 1.10 bits per heavy atom. The van der Waals surface area contributed by atoms with Gasteiger partial charge in [0.2, 0.25) is 0 Å². The Hall–Kier alpha value is -2.13. The Labute approximate surface area is 119 Å². The first-order valence-corrected chi connectivity index (χ1v) is 6.72. The van der Waals surface area contributed by atoms with Gasteiger partial charge in [0.25, 0.3) is 5.91 Å². The molecule has 3 heteroatoms. The largest absolute Gasteiger partial charge is 0.324 e. The predicted molar refractivity (Wildman–Crippen MR) is 82.9 cm³/mol. The minimum atomic E-state index is -0.120. The van der Waals surface area contributed by atoms with E-state index in [0.29, 0.717) is 5.56 Å². The van der Waals surface area contributed by atoms with Crippen molar-refractivity contribution in [2.75, 3.05) is 5.32 Å². The highest BCUT2D eigenvalue weighted by molar-refractivity contribution is 6.05. The standard InChI is InChI=1S/C17H20N2O/c1-11-7-6-9-14(12(11)2)17(20)19-16-10-5-4-8-15(16)13(3)18/h4-10,13H,18H2,1-3H3,(H,19,20). The lowest BCUT2D eigenvalue weighted by Crippen LogP contribution is -2.17. The molecule has 0 aliphatic rings. The lowest BCUT2D eigenvalue weighted by molar-refractivity contribution is 0.102. The zero-order valence-corrected chi connectivity index (χ0v) is 12.1. The maximum absolute atomic E-state index is 12.4. The van der Waals surface area contributed by atoms with Gasteiger partial charge in [0.1, 0.15) is 0 Å². The number of benzene rings is 2. The lowest BCUT2D eigenvalue weighted by atomic mass is 10.0. The van der Waals surface area contributed by atoms with Gasteiger partial charge in [0.15, 0.2) is 0 Å². The van der Waals surface area contributed by atoms with Gasteiger partial charge in [0.05, 0.1) is 0 Å². The van der Waals surface area contributed by atoms with Crippen molar-refractivity contribution < 1.29 is 4.79 Å². The fraction of sp³-hybridized carbons (Fsp3) is 0.235. The van der Waals surface area contributed by atoms with Crippen molar-refractivity contribution in [3.8, 4) is 0 Å². The van der Waals surface area contributed by atoms with Crippen molar-refractivity contribution in [1.29, 1.82) is 0 Å². The van der Waals surface area contributed by atoms with Gasteiger partial charge in [-0.2, -0.15) is 0 Å². The minimum Gasteiger partial charge on any atom is -0.324 e. The van der Waals surface area contributed by atoms with Gasteiger partial charge < -0.3 is 11.1 Å². The van der Waals surface area contributed by atoms with Crippen LogP contribution in [0.5, 0.6) is 0 Å². The summed E-state index contributed by atoms with van der Waals surface area (Å²) >= 11 is 0. The third-order valence-electron chi connectivity index (χ3n) is 3.55. The molecule has 20 heavy (non-hydrogen) atoms. The molecule has 0 aliphatic carbocycles. The van der Waals surface area contributed by atoms with E-state index in [9.17, 15) is 4.79 Å². The average molecular weight is 268 g/mol. The molecule has 0 saturated heterocycles. The number of nitrogens with one attached hydrogen (secondary N) is 1. The van der Waals surface area contributed by atoms with Crippen LogP contribution in [-0.2, 0) is 0 Å². The van der Waals surface area contributed by atoms with Gasteiger partial charge in [0, 0.05) is 17.3 Å². The zero-order valence-electron chi connectivity index (χ0n) is 12.1. The van der Waals surface area contributed by atoms with E-state index in [0.717, 1.165) is 22.4 Å². The number of carbonyl (C=O) groups excluding carboxylic acids is 1. The van der Waals surface area contributed by atoms with E-state index in [2.05, 4.69) is 5.32 Å². The molecule has 3 N–H and O–H groups in total. The van der Waals surface area contributed by atoms with E-state index in [1.165, 1.54) is 0 Å². The van der Waals surface area contributed by atoms with Crippen LogP contribution in [0.4, 0.5) is 5.69 Å². The molecule has 2 rings (SSSR count). The molecule has 0 saturated carbocycles. The Balaban J connectivity index is 2.31. The molecule has 1 amide bonds. The van der Waals surface area contributed by atoms with Crippen molar-refractivity contribution in [3.63, 3.8) is 0 Å². The highest BCUT2D eigenvalue weighted by Gasteiger charge is 2.13. The van der Waals surface area contributed by atoms with E-state index in [-0.39, 0.29) is 11.9 Å². The van der Waals surface area contributed by atoms with Crippen LogP contribution in [0.15, 0.2) is 42.5 Å². The van der Waals surface area contributed by atoms with Gasteiger partial charge in [-0.05, 0) is 49.6 Å². The van der Waals surface area contributed by atoms with Crippen LogP contribution in [0.2, 0.25) is 0 Å². The summed E-state index contributed by atoms with van der Waals surface area (Å²) < 4.78 is 0. The quantitative estimate of drug-likeness (QED) is 0.894. The Bertz CT molecular complexity index is 633. The third-order valence-corrected chi connectivity index (χ3v) is 3.55. The van der Waals surface area contributed by atoms with Crippen LogP contribution >= 0.6 is 0 Å². The molecule has 0 spiro atoms. The summed E-state index contributed by atoms with van der Waals surface area (Å²) in [6.45, 7) is 5.87. The number of hydrogen-bond donors (Lipinski definition) is 2. The lowest BCUT2D eigenvalue weighted by Gasteiger charge is -2.15. The Morgan fingerprint density at radius 2 is 1.80 bits per heavy atom. The first-order chi connectivity index (χ1) is 9.50. The first-order valence-electron chi connectivity index (χ1n) is 6.72. The maximum atomic E-state index is 12.4. The second-order valence-corrected chi connectivity index (χ2v) is 5.08. The fourth-order valence-corrected chi connectivity index (χ4v) is 2.19. The summed E-state index contributed by atoms with van der Waals surface area (Å²) in [5.74, 6) is -0.0979. The molecular weight excluding hydrogens is 248 g/mol. The van der Waals surface area contributed by atoms with Gasteiger partial charge in [-0.25, -0.2) is 0 Å². The molecule has 0 heterocycles. The summed E-state index contributed by atoms with van der Waals surface area (Å²) in [5.41, 5.74) is 10.5. The minimum absolute atomic E-state index is 0.0979. The second kappa shape index (κ2) is 5.88. The Morgan fingerprint density at radius 3 is 2.50 bits per heavy atom. The molecule has 0 radical (unpaired) electrons. The number of aryl methyl sites for hydroxylation is 1. The number of carbonyl (C=O) groups is 1. The van der Waals surface area contributed by atoms with Crippen LogP contribution in [-0.4, -0.2) is 5.91 Å². The molecule has 1 unspecified atom stereocenters. The molecule has 104 valence electrons. The zero-order chi connectivity index (χ0) is 14.7. The molecule has 0 aliphatic heterocycles. The van der Waals surface area contributed by atoms with E-state index in [1.807, 2.05) is 63.2 Å². The molecular formula is C17H20N2O. The van der Waals surface area contributed by atoms with E-state index in [4.69, 9.17) is 5.73 Å². The van der Waals surface area contributed by atoms with Crippen LogP contribution in [0.1, 0.15) is 40.0 Å². The van der Waals surface area contributed by atoms with Crippen LogP contribution in [0.25, 0.3) is 0 Å². The summed E-state index contributed by atoms with van der Waals surface area (Å²) in [5, 5.41) is 2.96. The van der Waals surface area contributed by atoms with Gasteiger partial charge in [-0.1, -0.05) is 30.3 Å². The molecule has 1 atom stereocenters. The molecule has 0 bridgehead atoms. The number of anilines is 1. The van der Waals surface area contributed by atoms with E-state index >= 15 is 0 Å². The molecule has 0 fully saturated rings. The number of nitrogens with two attached hydrogens (primary N) is 1. The number of rotatable bonds is 3. The average Bonchev–Trinajstić information content (AvgIpc) is 2.42. The summed E-state index contributed by atoms with van der Waals surface area (Å²) in [6.07, 6.45) is 0. The summed E-state index contributed by atoms with van der Waals surface area (Å²) in [4.78, 5) is 12.4. The van der Waals surface area contributed by atoms with Gasteiger partial charge >= 0.3 is 0 Å². The van der Waals surface area contributed by atoms with E-state index < -0.39 is 0 Å². The van der Waals surface area contributed by atoms with Crippen LogP contribution in [0, 0.1) is 13.8 Å². The van der Waals surface area contributed by atoms with Crippen molar-refractivity contribution in [1.82, 2.24) is 0 Å². The van der Waals surface area contributed by atoms with Crippen LogP contribution < -0.4 is 11.1 Å². The number of amides is 1. The van der Waals surface area contributed by atoms with Gasteiger partial charge in [-0.3, -0.25) is 4.79 Å². The Kier molecular flexibility index (Phi) is 4.20. The molecule has 2 aromatic carbocycles. The second-order valence-electron chi connectivity index (χ2n) is 5.08. The molecule has 3 nitrogen and oxygen atoms in total. The molecule has 2 aromatic rings. The number of para-hydroxylation sites is 1. The third kappa shape index (κ3) is 2.89. The van der Waals surface area contributed by atoms with Crippen molar-refractivity contribution in [2.45, 2.75) is 26.8 Å². The van der Waals surface area contributed by atoms with E-state index in [1.54, 1.807) is 0 Å². The normalized spacial score (nSPS) is 12.0. The van der Waals surface area contributed by atoms with Crippen molar-refractivity contribution in [3.05, 3.63) is 64.7 Å². The topological polar surface area (TPSA) is 55.1 Å². The smallest absolute Gasteiger partial charge is 0.255 e. The molecule has 0 aromatic heterocycles. The number of hydrogen-bond acceptors (Lipinski definition) is 2. The monoisotopic (exact) mass is 268 g/mol. The van der Waals surface area contributed by atoms with Crippen LogP contribution in [0.3, 0.4) is 0 Å². The van der Waals surface area contributed by atoms with Gasteiger partial charge in [-0.15, -0.1) is 0 Å². The highest BCUT2D eigenvalue weighted by atomic mass is 16.1. The highest BCUT2D eigenvalue weighted by Crippen LogP contribution is 2.22. The maximum Gasteiger partial charge on any atom is 0.255 e. The predicted octanol–water partition coefficient (Wildman–Crippen LogP) is 3.58. The SMILES string of the molecule is Cc1cccc(C(=O)Nc2ccccc2C(C)N)c1C. The van der Waals surface area contributed by atoms with Crippen molar-refractivity contribution >= 4 is 11.6 Å². The summed E-state index contributed by atoms with van der Waals surface area (Å²) in [6, 6.07) is 13.2. The fourth-order valence-electron chi connectivity index (χ4n) is 2.19. The van der Waals surface area contributed by atoms with Crippen molar-refractivity contribution in [2.24, 2.45) is 5.73 Å². The first kappa shape index (κ1) is 14.3. The summed E-state index contributed by atoms with van der Waals surface area (Å²) in [7, 11) is 0.